The summed E-state index contributed by atoms with van der Waals surface area (Å²) in [6.45, 7) is -1.56. The zero-order valence-electron chi connectivity index (χ0n) is 9.11. The van der Waals surface area contributed by atoms with Crippen LogP contribution in [0.3, 0.4) is 0 Å². The predicted octanol–water partition coefficient (Wildman–Crippen LogP) is 1.38. The Labute approximate surface area is 97.1 Å². The van der Waals surface area contributed by atoms with Crippen molar-refractivity contribution in [3.8, 4) is 0 Å². The Hall–Kier alpha value is -1.27. The number of alkyl halides is 2. The molecule has 3 nitrogen and oxygen atoms in total. The molecule has 17 heavy (non-hydrogen) atoms. The molecule has 0 fully saturated rings. The third kappa shape index (κ3) is 3.61. The summed E-state index contributed by atoms with van der Waals surface area (Å²) in [5.41, 5.74) is 0.142. The first kappa shape index (κ1) is 13.8. The average Bonchev–Trinajstić information content (AvgIpc) is 2.27. The number of aliphatic hydroxyl groups is 2. The van der Waals surface area contributed by atoms with E-state index in [0.29, 0.717) is 0 Å². The van der Waals surface area contributed by atoms with E-state index in [2.05, 4.69) is 0 Å². The van der Waals surface area contributed by atoms with E-state index in [4.69, 9.17) is 10.2 Å². The first-order chi connectivity index (χ1) is 8.10. The maximum absolute atomic E-state index is 13.4. The van der Waals surface area contributed by atoms with Crippen LogP contribution in [0.1, 0.15) is 5.56 Å². The zero-order valence-corrected chi connectivity index (χ0v) is 9.11. The Morgan fingerprint density at radius 2 is 1.94 bits per heavy atom. The molecule has 0 saturated heterocycles. The number of hydrogen-bond donors (Lipinski definition) is 2. The molecule has 0 aliphatic rings. The minimum Gasteiger partial charge on any atom is -0.395 e. The molecule has 0 bridgehead atoms. The predicted molar refractivity (Wildman–Crippen MR) is 57.6 cm³/mol. The highest BCUT2D eigenvalue weighted by Gasteiger charge is 2.17. The minimum atomic E-state index is -2.60. The van der Waals surface area contributed by atoms with Crippen LogP contribution in [-0.4, -0.2) is 36.3 Å². The van der Waals surface area contributed by atoms with Crippen LogP contribution in [0.25, 0.3) is 0 Å². The van der Waals surface area contributed by atoms with Crippen LogP contribution >= 0.6 is 0 Å². The number of halogens is 3. The highest BCUT2D eigenvalue weighted by atomic mass is 19.3. The summed E-state index contributed by atoms with van der Waals surface area (Å²) in [5, 5.41) is 17.8. The van der Waals surface area contributed by atoms with E-state index < -0.39 is 25.4 Å². The fraction of sp³-hybridized carbons (Fsp3) is 0.455. The number of hydrogen-bond acceptors (Lipinski definition) is 3. The summed E-state index contributed by atoms with van der Waals surface area (Å²) in [6.07, 6.45) is -2.60. The molecule has 0 atom stereocenters. The molecular formula is C11H14F3NO2. The van der Waals surface area contributed by atoms with Gasteiger partial charge in [0.05, 0.1) is 19.8 Å². The van der Waals surface area contributed by atoms with Gasteiger partial charge in [-0.1, -0.05) is 6.07 Å². The first-order valence-corrected chi connectivity index (χ1v) is 5.12. The third-order valence-corrected chi connectivity index (χ3v) is 2.32. The molecule has 96 valence electrons. The number of benzene rings is 1. The van der Waals surface area contributed by atoms with Crippen molar-refractivity contribution >= 4 is 5.69 Å². The van der Waals surface area contributed by atoms with Crippen molar-refractivity contribution in [3.05, 3.63) is 29.6 Å². The molecule has 1 aromatic rings. The minimum absolute atomic E-state index is 0.0402. The second-order valence-corrected chi connectivity index (χ2v) is 3.46. The van der Waals surface area contributed by atoms with Crippen molar-refractivity contribution in [2.45, 2.75) is 13.0 Å². The number of aliphatic hydroxyl groups excluding tert-OH is 2. The van der Waals surface area contributed by atoms with Crippen LogP contribution in [0.5, 0.6) is 0 Å². The fourth-order valence-corrected chi connectivity index (χ4v) is 1.60. The van der Waals surface area contributed by atoms with Gasteiger partial charge in [-0.25, -0.2) is 13.2 Å². The molecule has 0 aromatic heterocycles. The number of anilines is 1. The Morgan fingerprint density at radius 3 is 2.47 bits per heavy atom. The van der Waals surface area contributed by atoms with Crippen molar-refractivity contribution in [1.82, 2.24) is 0 Å². The standard InChI is InChI=1S/C11H14F3NO2/c12-9-2-1-3-10(8(9)7-17)15(4-5-16)6-11(13)14/h1-3,11,16-17H,4-7H2. The molecule has 0 amide bonds. The molecule has 2 N–H and O–H groups in total. The monoisotopic (exact) mass is 249 g/mol. The highest BCUT2D eigenvalue weighted by molar-refractivity contribution is 5.54. The Morgan fingerprint density at radius 1 is 1.24 bits per heavy atom. The smallest absolute Gasteiger partial charge is 0.255 e. The lowest BCUT2D eigenvalue weighted by Gasteiger charge is -2.25. The van der Waals surface area contributed by atoms with Gasteiger partial charge >= 0.3 is 0 Å². The number of rotatable bonds is 6. The first-order valence-electron chi connectivity index (χ1n) is 5.12. The van der Waals surface area contributed by atoms with E-state index in [1.807, 2.05) is 0 Å². The lowest BCUT2D eigenvalue weighted by molar-refractivity contribution is 0.152. The van der Waals surface area contributed by atoms with Gasteiger partial charge in [-0.2, -0.15) is 0 Å². The molecule has 0 radical (unpaired) electrons. The van der Waals surface area contributed by atoms with E-state index in [9.17, 15) is 13.2 Å². The van der Waals surface area contributed by atoms with Crippen LogP contribution in [0, 0.1) is 5.82 Å². The van der Waals surface area contributed by atoms with Crippen LogP contribution in [0.15, 0.2) is 18.2 Å². The van der Waals surface area contributed by atoms with E-state index in [1.54, 1.807) is 0 Å². The molecule has 0 aliphatic carbocycles. The Bertz CT molecular complexity index is 361. The van der Waals surface area contributed by atoms with Crippen molar-refractivity contribution in [2.75, 3.05) is 24.6 Å². The van der Waals surface area contributed by atoms with Gasteiger partial charge in [0.1, 0.15) is 5.82 Å². The van der Waals surface area contributed by atoms with Crippen LogP contribution < -0.4 is 4.90 Å². The van der Waals surface area contributed by atoms with Crippen LogP contribution in [0.4, 0.5) is 18.9 Å². The molecule has 0 aliphatic heterocycles. The molecule has 0 spiro atoms. The fourth-order valence-electron chi connectivity index (χ4n) is 1.60. The SMILES string of the molecule is OCCN(CC(F)F)c1cccc(F)c1CO. The average molecular weight is 249 g/mol. The summed E-state index contributed by atoms with van der Waals surface area (Å²) in [5.74, 6) is -0.651. The molecule has 0 heterocycles. The topological polar surface area (TPSA) is 43.7 Å². The Kier molecular flexibility index (Phi) is 5.24. The lowest BCUT2D eigenvalue weighted by atomic mass is 10.1. The van der Waals surface area contributed by atoms with Crippen molar-refractivity contribution in [2.24, 2.45) is 0 Å². The van der Waals surface area contributed by atoms with Gasteiger partial charge in [-0.15, -0.1) is 0 Å². The summed E-state index contributed by atoms with van der Waals surface area (Å²) in [7, 11) is 0. The molecule has 0 saturated carbocycles. The second kappa shape index (κ2) is 6.46. The van der Waals surface area contributed by atoms with Crippen molar-refractivity contribution in [1.29, 1.82) is 0 Å². The largest absolute Gasteiger partial charge is 0.395 e. The van der Waals surface area contributed by atoms with Crippen LogP contribution in [0.2, 0.25) is 0 Å². The van der Waals surface area contributed by atoms with Gasteiger partial charge in [-0.3, -0.25) is 0 Å². The number of nitrogens with zero attached hydrogens (tertiary/aromatic N) is 1. The van der Waals surface area contributed by atoms with Gasteiger partial charge in [0.15, 0.2) is 0 Å². The summed E-state index contributed by atoms with van der Waals surface area (Å²) < 4.78 is 38.1. The van der Waals surface area contributed by atoms with E-state index in [-0.39, 0.29) is 24.4 Å². The summed E-state index contributed by atoms with van der Waals surface area (Å²) >= 11 is 0. The van der Waals surface area contributed by atoms with Gasteiger partial charge in [-0.05, 0) is 12.1 Å². The van der Waals surface area contributed by atoms with Gasteiger partial charge in [0.25, 0.3) is 6.43 Å². The quantitative estimate of drug-likeness (QED) is 0.800. The molecule has 0 unspecified atom stereocenters. The second-order valence-electron chi connectivity index (χ2n) is 3.46. The van der Waals surface area contributed by atoms with Crippen molar-refractivity contribution < 1.29 is 23.4 Å². The van der Waals surface area contributed by atoms with Gasteiger partial charge in [0, 0.05) is 17.8 Å². The van der Waals surface area contributed by atoms with E-state index >= 15 is 0 Å². The molecule has 6 heteroatoms. The van der Waals surface area contributed by atoms with Gasteiger partial charge in [0.2, 0.25) is 0 Å². The maximum atomic E-state index is 13.4. The van der Waals surface area contributed by atoms with Crippen molar-refractivity contribution in [3.63, 3.8) is 0 Å². The van der Waals surface area contributed by atoms with E-state index in [1.165, 1.54) is 12.1 Å². The molecule has 1 rings (SSSR count). The van der Waals surface area contributed by atoms with Crippen LogP contribution in [-0.2, 0) is 6.61 Å². The maximum Gasteiger partial charge on any atom is 0.255 e. The lowest BCUT2D eigenvalue weighted by Crippen LogP contribution is -2.32. The third-order valence-electron chi connectivity index (χ3n) is 2.32. The Balaban J connectivity index is 3.04. The molecule has 1 aromatic carbocycles. The molecular weight excluding hydrogens is 235 g/mol. The summed E-state index contributed by atoms with van der Waals surface area (Å²) in [6, 6.07) is 3.96. The zero-order chi connectivity index (χ0) is 12.8. The van der Waals surface area contributed by atoms with Gasteiger partial charge < -0.3 is 15.1 Å². The highest BCUT2D eigenvalue weighted by Crippen LogP contribution is 2.23. The normalized spacial score (nSPS) is 10.9. The van der Waals surface area contributed by atoms with E-state index in [0.717, 1.165) is 11.0 Å². The summed E-state index contributed by atoms with van der Waals surface area (Å²) in [4.78, 5) is 1.15.